The second kappa shape index (κ2) is 3.74. The summed E-state index contributed by atoms with van der Waals surface area (Å²) in [5.74, 6) is 0.618. The van der Waals surface area contributed by atoms with Crippen LogP contribution in [-0.4, -0.2) is 12.1 Å². The number of hydrogen-bond donors (Lipinski definition) is 0. The van der Waals surface area contributed by atoms with Gasteiger partial charge >= 0.3 is 0 Å². The first-order valence-corrected chi connectivity index (χ1v) is 4.88. The summed E-state index contributed by atoms with van der Waals surface area (Å²) >= 11 is 0. The molecule has 14 heavy (non-hydrogen) atoms. The number of Topliss-reactive ketones (excluding diaryl/α,β-unsaturated/α-hetero) is 1. The molecule has 0 radical (unpaired) electrons. The van der Waals surface area contributed by atoms with Crippen LogP contribution in [-0.2, 0) is 4.79 Å². The monoisotopic (exact) mass is 188 g/mol. The van der Waals surface area contributed by atoms with Gasteiger partial charge in [-0.25, -0.2) is 0 Å². The van der Waals surface area contributed by atoms with Gasteiger partial charge in [0.1, 0.15) is 6.29 Å². The average Bonchev–Trinajstić information content (AvgIpc) is 3.02. The van der Waals surface area contributed by atoms with Crippen LogP contribution in [0.15, 0.2) is 24.3 Å². The lowest BCUT2D eigenvalue weighted by atomic mass is 10.0. The molecule has 1 aromatic carbocycles. The van der Waals surface area contributed by atoms with Gasteiger partial charge in [-0.15, -0.1) is 0 Å². The van der Waals surface area contributed by atoms with Gasteiger partial charge in [0.25, 0.3) is 0 Å². The number of carbonyl (C=O) groups excluding carboxylic acids is 2. The Morgan fingerprint density at radius 3 is 2.43 bits per heavy atom. The van der Waals surface area contributed by atoms with E-state index >= 15 is 0 Å². The molecule has 1 saturated carbocycles. The topological polar surface area (TPSA) is 34.1 Å². The molecular weight excluding hydrogens is 176 g/mol. The van der Waals surface area contributed by atoms with Crippen molar-refractivity contribution >= 4 is 12.1 Å². The highest BCUT2D eigenvalue weighted by Crippen LogP contribution is 2.39. The van der Waals surface area contributed by atoms with Gasteiger partial charge in [0.15, 0.2) is 5.78 Å². The quantitative estimate of drug-likeness (QED) is 0.413. The molecule has 0 unspecified atom stereocenters. The fourth-order valence-electron chi connectivity index (χ4n) is 1.55. The van der Waals surface area contributed by atoms with E-state index in [-0.39, 0.29) is 12.2 Å². The first kappa shape index (κ1) is 9.13. The van der Waals surface area contributed by atoms with E-state index in [9.17, 15) is 9.59 Å². The summed E-state index contributed by atoms with van der Waals surface area (Å²) in [4.78, 5) is 21.5. The summed E-state index contributed by atoms with van der Waals surface area (Å²) in [6.07, 6.45) is 3.17. The third kappa shape index (κ3) is 1.90. The van der Waals surface area contributed by atoms with E-state index in [1.165, 1.54) is 18.4 Å². The van der Waals surface area contributed by atoms with Gasteiger partial charge in [-0.05, 0) is 24.3 Å². The Hall–Kier alpha value is -1.44. The van der Waals surface area contributed by atoms with Crippen molar-refractivity contribution in [2.75, 3.05) is 0 Å². The Kier molecular flexibility index (Phi) is 2.44. The highest BCUT2D eigenvalue weighted by atomic mass is 16.1. The number of rotatable bonds is 4. The average molecular weight is 188 g/mol. The van der Waals surface area contributed by atoms with Crippen molar-refractivity contribution in [1.82, 2.24) is 0 Å². The molecule has 2 nitrogen and oxygen atoms in total. The van der Waals surface area contributed by atoms with E-state index in [1.807, 2.05) is 24.3 Å². The second-order valence-corrected chi connectivity index (χ2v) is 3.69. The normalized spacial score (nSPS) is 15.1. The predicted molar refractivity (Wildman–Crippen MR) is 53.4 cm³/mol. The molecule has 72 valence electrons. The lowest BCUT2D eigenvalue weighted by Crippen LogP contribution is -1.99. The van der Waals surface area contributed by atoms with Crippen LogP contribution < -0.4 is 0 Å². The summed E-state index contributed by atoms with van der Waals surface area (Å²) in [6.45, 7) is 0. The molecule has 0 bridgehead atoms. The van der Waals surface area contributed by atoms with Gasteiger partial charge < -0.3 is 4.79 Å². The van der Waals surface area contributed by atoms with Crippen molar-refractivity contribution in [3.05, 3.63) is 35.4 Å². The Morgan fingerprint density at radius 2 is 1.93 bits per heavy atom. The van der Waals surface area contributed by atoms with E-state index < -0.39 is 0 Å². The van der Waals surface area contributed by atoms with Crippen LogP contribution in [0.3, 0.4) is 0 Å². The molecule has 0 aromatic heterocycles. The summed E-state index contributed by atoms with van der Waals surface area (Å²) in [5, 5.41) is 0. The molecule has 0 atom stereocenters. The Balaban J connectivity index is 2.12. The van der Waals surface area contributed by atoms with Gasteiger partial charge in [-0.1, -0.05) is 24.3 Å². The van der Waals surface area contributed by atoms with E-state index in [2.05, 4.69) is 0 Å². The van der Waals surface area contributed by atoms with E-state index in [0.717, 1.165) is 0 Å². The highest BCUT2D eigenvalue weighted by molar-refractivity contribution is 6.02. The van der Waals surface area contributed by atoms with Crippen LogP contribution in [0.4, 0.5) is 0 Å². The predicted octanol–water partition coefficient (Wildman–Crippen LogP) is 2.34. The van der Waals surface area contributed by atoms with E-state index in [1.54, 1.807) is 0 Å². The Labute approximate surface area is 82.9 Å². The highest BCUT2D eigenvalue weighted by Gasteiger charge is 2.23. The zero-order valence-corrected chi connectivity index (χ0v) is 7.90. The molecule has 1 aliphatic rings. The Bertz CT molecular complexity index is 347. The smallest absolute Gasteiger partial charge is 0.169 e. The fourth-order valence-corrected chi connectivity index (χ4v) is 1.55. The standard InChI is InChI=1S/C12H12O2/c13-8-7-12(14)11-5-3-10(4-6-11)9-1-2-9/h3-6,8-9H,1-2,7H2. The van der Waals surface area contributed by atoms with Crippen LogP contribution in [0.25, 0.3) is 0 Å². The number of benzene rings is 1. The maximum absolute atomic E-state index is 11.3. The molecule has 0 heterocycles. The molecule has 2 heteroatoms. The van der Waals surface area contributed by atoms with Crippen LogP contribution in [0.5, 0.6) is 0 Å². The van der Waals surface area contributed by atoms with E-state index in [4.69, 9.17) is 0 Å². The lowest BCUT2D eigenvalue weighted by molar-refractivity contribution is -0.107. The number of hydrogen-bond acceptors (Lipinski definition) is 2. The van der Waals surface area contributed by atoms with E-state index in [0.29, 0.717) is 17.8 Å². The van der Waals surface area contributed by atoms with Gasteiger partial charge in [-0.2, -0.15) is 0 Å². The van der Waals surface area contributed by atoms with Crippen molar-refractivity contribution in [3.63, 3.8) is 0 Å². The third-order valence-electron chi connectivity index (χ3n) is 2.55. The maximum atomic E-state index is 11.3. The SMILES string of the molecule is O=CCC(=O)c1ccc(C2CC2)cc1. The number of carbonyl (C=O) groups is 2. The number of aldehydes is 1. The minimum Gasteiger partial charge on any atom is -0.303 e. The fraction of sp³-hybridized carbons (Fsp3) is 0.333. The molecule has 0 amide bonds. The zero-order valence-electron chi connectivity index (χ0n) is 7.90. The van der Waals surface area contributed by atoms with Gasteiger partial charge in [0, 0.05) is 5.56 Å². The van der Waals surface area contributed by atoms with Crippen molar-refractivity contribution < 1.29 is 9.59 Å². The molecule has 1 aliphatic carbocycles. The van der Waals surface area contributed by atoms with Gasteiger partial charge in [0.05, 0.1) is 6.42 Å². The van der Waals surface area contributed by atoms with Crippen molar-refractivity contribution in [2.45, 2.75) is 25.2 Å². The lowest BCUT2D eigenvalue weighted by Gasteiger charge is -1.99. The summed E-state index contributed by atoms with van der Waals surface area (Å²) in [5.41, 5.74) is 1.95. The largest absolute Gasteiger partial charge is 0.303 e. The number of ketones is 1. The molecule has 0 N–H and O–H groups in total. The van der Waals surface area contributed by atoms with Crippen LogP contribution in [0, 0.1) is 0 Å². The molecule has 1 fully saturated rings. The molecule has 1 aromatic rings. The minimum atomic E-state index is -0.0950. The van der Waals surface area contributed by atoms with Crippen molar-refractivity contribution in [1.29, 1.82) is 0 Å². The molecule has 0 saturated heterocycles. The van der Waals surface area contributed by atoms with Gasteiger partial charge in [-0.3, -0.25) is 4.79 Å². The van der Waals surface area contributed by atoms with Crippen LogP contribution >= 0.6 is 0 Å². The maximum Gasteiger partial charge on any atom is 0.169 e. The molecule has 0 aliphatic heterocycles. The summed E-state index contributed by atoms with van der Waals surface area (Å²) < 4.78 is 0. The summed E-state index contributed by atoms with van der Waals surface area (Å²) in [7, 11) is 0. The molecule has 0 spiro atoms. The van der Waals surface area contributed by atoms with Crippen molar-refractivity contribution in [3.8, 4) is 0 Å². The molecular formula is C12H12O2. The van der Waals surface area contributed by atoms with Crippen LogP contribution in [0.2, 0.25) is 0 Å². The van der Waals surface area contributed by atoms with Gasteiger partial charge in [0.2, 0.25) is 0 Å². The zero-order chi connectivity index (χ0) is 9.97. The summed E-state index contributed by atoms with van der Waals surface area (Å²) in [6, 6.07) is 7.63. The van der Waals surface area contributed by atoms with Crippen LogP contribution in [0.1, 0.15) is 41.1 Å². The second-order valence-electron chi connectivity index (χ2n) is 3.69. The third-order valence-corrected chi connectivity index (χ3v) is 2.55. The minimum absolute atomic E-state index is 0.0111. The first-order chi connectivity index (χ1) is 6.81. The Morgan fingerprint density at radius 1 is 1.29 bits per heavy atom. The molecule has 2 rings (SSSR count). The van der Waals surface area contributed by atoms with Crippen molar-refractivity contribution in [2.24, 2.45) is 0 Å². The first-order valence-electron chi connectivity index (χ1n) is 4.88.